The molecule has 0 spiro atoms. The van der Waals surface area contributed by atoms with E-state index in [0.29, 0.717) is 32.2 Å². The molecule has 0 radical (unpaired) electrons. The molecule has 4 aliphatic rings. The van der Waals surface area contributed by atoms with Crippen molar-refractivity contribution in [3.8, 4) is 0 Å². The van der Waals surface area contributed by atoms with E-state index < -0.39 is 35.7 Å². The molecule has 1 aromatic rings. The molecule has 10 nitrogen and oxygen atoms in total. The van der Waals surface area contributed by atoms with Crippen molar-refractivity contribution in [3.05, 3.63) is 48.0 Å². The van der Waals surface area contributed by atoms with Crippen molar-refractivity contribution >= 4 is 29.5 Å². The van der Waals surface area contributed by atoms with E-state index in [1.165, 1.54) is 23.6 Å². The van der Waals surface area contributed by atoms with Crippen molar-refractivity contribution in [1.29, 1.82) is 0 Å². The van der Waals surface area contributed by atoms with E-state index >= 15 is 0 Å². The van der Waals surface area contributed by atoms with Crippen LogP contribution in [-0.4, -0.2) is 71.7 Å². The third-order valence-corrected chi connectivity index (χ3v) is 10.6. The topological polar surface area (TPSA) is 137 Å². The highest BCUT2D eigenvalue weighted by molar-refractivity contribution is 6.38. The Hall–Kier alpha value is -3.69. The molecule has 2 saturated carbocycles. The number of amides is 5. The first-order valence-corrected chi connectivity index (χ1v) is 16.7. The molecule has 1 unspecified atom stereocenters. The molecule has 1 heterocycles. The van der Waals surface area contributed by atoms with Gasteiger partial charge in [-0.3, -0.25) is 19.2 Å². The van der Waals surface area contributed by atoms with Gasteiger partial charge in [0.2, 0.25) is 17.6 Å². The van der Waals surface area contributed by atoms with Gasteiger partial charge in [0.15, 0.2) is 0 Å². The van der Waals surface area contributed by atoms with E-state index in [-0.39, 0.29) is 47.7 Å². The summed E-state index contributed by atoms with van der Waals surface area (Å²) >= 11 is 0. The van der Waals surface area contributed by atoms with E-state index in [4.69, 9.17) is 0 Å². The molecule has 3 fully saturated rings. The van der Waals surface area contributed by atoms with E-state index in [2.05, 4.69) is 53.8 Å². The van der Waals surface area contributed by atoms with Gasteiger partial charge in [0.1, 0.15) is 12.1 Å². The van der Waals surface area contributed by atoms with Crippen LogP contribution in [0.1, 0.15) is 76.8 Å². The van der Waals surface area contributed by atoms with Gasteiger partial charge in [-0.15, -0.1) is 6.58 Å². The van der Waals surface area contributed by atoms with E-state index in [0.717, 1.165) is 25.7 Å². The minimum atomic E-state index is -0.996. The number of hydrogen-bond acceptors (Lipinski definition) is 5. The van der Waals surface area contributed by atoms with Crippen molar-refractivity contribution in [2.24, 2.45) is 23.2 Å². The van der Waals surface area contributed by atoms with Crippen molar-refractivity contribution in [3.63, 3.8) is 0 Å². The number of urea groups is 1. The number of carbonyl (C=O) groups is 5. The summed E-state index contributed by atoms with van der Waals surface area (Å²) < 4.78 is 0. The Morgan fingerprint density at radius 2 is 1.69 bits per heavy atom. The van der Waals surface area contributed by atoms with Crippen molar-refractivity contribution < 1.29 is 24.0 Å². The zero-order chi connectivity index (χ0) is 32.3. The van der Waals surface area contributed by atoms with Crippen LogP contribution in [0.15, 0.2) is 36.9 Å². The maximum Gasteiger partial charge on any atom is 0.315 e. The van der Waals surface area contributed by atoms with Crippen LogP contribution in [0.5, 0.6) is 0 Å². The second-order valence-corrected chi connectivity index (χ2v) is 14.0. The Bertz CT molecular complexity index is 1300. The fraction of sp³-hybridized carbons (Fsp3) is 0.629. The number of piperidine rings is 1. The van der Waals surface area contributed by atoms with Crippen molar-refractivity contribution in [2.75, 3.05) is 13.1 Å². The molecule has 1 aliphatic heterocycles. The Kier molecular flexibility index (Phi) is 9.99. The molecule has 5 rings (SSSR count). The maximum atomic E-state index is 14.5. The predicted molar refractivity (Wildman–Crippen MR) is 171 cm³/mol. The molecule has 10 heteroatoms. The third kappa shape index (κ3) is 6.94. The first-order chi connectivity index (χ1) is 21.6. The number of carbonyl (C=O) groups excluding carboxylic acids is 5. The van der Waals surface area contributed by atoms with Crippen LogP contribution in [0.4, 0.5) is 4.79 Å². The molecular weight excluding hydrogens is 570 g/mol. The number of fused-ring (bicyclic) bond motifs is 2. The predicted octanol–water partition coefficient (Wildman–Crippen LogP) is 3.04. The summed E-state index contributed by atoms with van der Waals surface area (Å²) in [5, 5.41) is 11.5. The number of likely N-dealkylation sites (tertiary alicyclic amines) is 1. The van der Waals surface area contributed by atoms with Gasteiger partial charge in [0.25, 0.3) is 5.91 Å². The zero-order valence-corrected chi connectivity index (χ0v) is 26.9. The number of hydrogen-bond donors (Lipinski definition) is 4. The molecular formula is C35H49N5O5. The van der Waals surface area contributed by atoms with Crippen LogP contribution in [0.2, 0.25) is 0 Å². The van der Waals surface area contributed by atoms with Gasteiger partial charge in [-0.05, 0) is 66.4 Å². The Morgan fingerprint density at radius 1 is 1.02 bits per heavy atom. The monoisotopic (exact) mass is 619 g/mol. The number of Topliss-reactive ketones (excluding diaryl/α,β-unsaturated/α-hetero) is 1. The fourth-order valence-corrected chi connectivity index (χ4v) is 8.04. The number of rotatable bonds is 12. The lowest BCUT2D eigenvalue weighted by atomic mass is 9.93. The van der Waals surface area contributed by atoms with E-state index in [1.54, 1.807) is 4.90 Å². The van der Waals surface area contributed by atoms with Gasteiger partial charge >= 0.3 is 6.03 Å². The Balaban J connectivity index is 1.36. The Morgan fingerprint density at radius 3 is 2.31 bits per heavy atom. The van der Waals surface area contributed by atoms with Gasteiger partial charge in [-0.2, -0.15) is 0 Å². The van der Waals surface area contributed by atoms with Crippen LogP contribution in [0.3, 0.4) is 0 Å². The van der Waals surface area contributed by atoms with Gasteiger partial charge in [0.05, 0.1) is 6.04 Å². The summed E-state index contributed by atoms with van der Waals surface area (Å²) in [6.45, 7) is 10.2. The minimum absolute atomic E-state index is 0.0779. The first kappa shape index (κ1) is 32.7. The molecule has 3 aliphatic carbocycles. The fourth-order valence-electron chi connectivity index (χ4n) is 8.04. The first-order valence-electron chi connectivity index (χ1n) is 16.7. The highest BCUT2D eigenvalue weighted by Gasteiger charge is 2.69. The quantitative estimate of drug-likeness (QED) is 0.211. The largest absolute Gasteiger partial charge is 0.346 e. The smallest absolute Gasteiger partial charge is 0.315 e. The molecule has 0 aromatic heterocycles. The molecule has 4 N–H and O–H groups in total. The third-order valence-electron chi connectivity index (χ3n) is 10.6. The van der Waals surface area contributed by atoms with E-state index in [1.807, 2.05) is 19.1 Å². The second-order valence-electron chi connectivity index (χ2n) is 14.0. The van der Waals surface area contributed by atoms with Crippen LogP contribution in [0, 0.1) is 23.2 Å². The van der Waals surface area contributed by atoms with Gasteiger partial charge < -0.3 is 26.2 Å². The van der Waals surface area contributed by atoms with Crippen molar-refractivity contribution in [2.45, 2.75) is 103 Å². The lowest BCUT2D eigenvalue weighted by Gasteiger charge is -2.35. The minimum Gasteiger partial charge on any atom is -0.346 e. The van der Waals surface area contributed by atoms with Gasteiger partial charge in [0, 0.05) is 19.1 Å². The van der Waals surface area contributed by atoms with Crippen LogP contribution in [0.25, 0.3) is 0 Å². The number of ketones is 1. The zero-order valence-electron chi connectivity index (χ0n) is 26.9. The molecule has 5 amide bonds. The van der Waals surface area contributed by atoms with Crippen LogP contribution in [-0.2, 0) is 32.0 Å². The molecule has 0 bridgehead atoms. The highest BCUT2D eigenvalue weighted by atomic mass is 16.2. The summed E-state index contributed by atoms with van der Waals surface area (Å²) in [6.07, 6.45) is 8.86. The van der Waals surface area contributed by atoms with Crippen molar-refractivity contribution in [1.82, 2.24) is 26.2 Å². The van der Waals surface area contributed by atoms with Gasteiger partial charge in [-0.1, -0.05) is 76.8 Å². The number of nitrogens with one attached hydrogen (secondary N) is 4. The molecule has 244 valence electrons. The summed E-state index contributed by atoms with van der Waals surface area (Å²) in [6, 6.07) is 5.26. The Labute approximate surface area is 266 Å². The summed E-state index contributed by atoms with van der Waals surface area (Å²) in [5.41, 5.74) is 2.20. The van der Waals surface area contributed by atoms with Gasteiger partial charge in [-0.25, -0.2) is 4.79 Å². The molecule has 5 atom stereocenters. The second kappa shape index (κ2) is 13.7. The average molecular weight is 620 g/mol. The van der Waals surface area contributed by atoms with Crippen LogP contribution < -0.4 is 21.3 Å². The molecule has 1 aromatic carbocycles. The summed E-state index contributed by atoms with van der Waals surface area (Å²) in [5.74, 6) is -2.27. The standard InChI is InChI=1S/C35H49N5O5/c1-5-12-26(30(41)32(43)36-17-6-2)38-31(42)29-27-25(35(27,3)4)20-40(29)33(44)28(23-18-21-13-10-11-14-22(21)19-23)39-34(45)37-24-15-8-7-9-16-24/h6,10-11,13-14,23-29H,2,5,7-9,12,15-20H2,1,3-4H3,(H,36,43)(H,38,42)(H2,37,39,45)/t25-,26?,27-,28-,29-/m0/s1. The number of benzene rings is 1. The summed E-state index contributed by atoms with van der Waals surface area (Å²) in [7, 11) is 0. The average Bonchev–Trinajstić information content (AvgIpc) is 3.39. The lowest BCUT2D eigenvalue weighted by Crippen LogP contribution is -2.60. The number of nitrogens with zero attached hydrogens (tertiary/aromatic N) is 1. The highest BCUT2D eigenvalue weighted by Crippen LogP contribution is 2.65. The summed E-state index contributed by atoms with van der Waals surface area (Å²) in [4.78, 5) is 69.0. The maximum absolute atomic E-state index is 14.5. The SMILES string of the molecule is C=CCNC(=O)C(=O)C(CCC)NC(=O)[C@@H]1[C@@H]2[C@H](CN1C(=O)[C@@H](NC(=O)NC1CCCCC1)C1Cc3ccccc3C1)C2(C)C. The van der Waals surface area contributed by atoms with Crippen LogP contribution >= 0.6 is 0 Å². The molecule has 1 saturated heterocycles. The van der Waals surface area contributed by atoms with E-state index in [9.17, 15) is 24.0 Å². The lowest BCUT2D eigenvalue weighted by molar-refractivity contribution is -0.144. The normalized spacial score (nSPS) is 24.9. The molecule has 45 heavy (non-hydrogen) atoms.